The molecule has 0 atom stereocenters. The third kappa shape index (κ3) is 4.42. The Hall–Kier alpha value is -5.28. The van der Waals surface area contributed by atoms with E-state index < -0.39 is 0 Å². The van der Waals surface area contributed by atoms with E-state index in [-0.39, 0.29) is 0 Å². The van der Waals surface area contributed by atoms with Crippen LogP contribution < -0.4 is 21.0 Å². The van der Waals surface area contributed by atoms with Gasteiger partial charge in [0, 0.05) is 27.2 Å². The van der Waals surface area contributed by atoms with Crippen LogP contribution in [0.5, 0.6) is 0 Å². The largest absolute Gasteiger partial charge is 0.309 e. The fourth-order valence-electron chi connectivity index (χ4n) is 7.51. The van der Waals surface area contributed by atoms with Crippen LogP contribution in [-0.4, -0.2) is 14.5 Å². The van der Waals surface area contributed by atoms with Crippen molar-refractivity contribution < 1.29 is 0 Å². The molecule has 45 heavy (non-hydrogen) atoms. The monoisotopic (exact) mass is 579 g/mol. The molecule has 6 aromatic rings. The molecule has 4 aromatic carbocycles. The molecule has 2 aromatic heterocycles. The number of nitrogens with zero attached hydrogens (tertiary/aromatic N) is 3. The maximum Gasteiger partial charge on any atom is 0.160 e. The van der Waals surface area contributed by atoms with E-state index >= 15 is 0 Å². The summed E-state index contributed by atoms with van der Waals surface area (Å²) in [6.45, 7) is 0. The van der Waals surface area contributed by atoms with E-state index in [2.05, 4.69) is 132 Å². The second kappa shape index (κ2) is 10.7. The fourth-order valence-corrected chi connectivity index (χ4v) is 7.51. The van der Waals surface area contributed by atoms with Crippen LogP contribution in [0.25, 0.3) is 68.3 Å². The lowest BCUT2D eigenvalue weighted by molar-refractivity contribution is 0.951. The highest BCUT2D eigenvalue weighted by atomic mass is 15.0. The predicted octanol–water partition coefficient (Wildman–Crippen LogP) is 7.12. The summed E-state index contributed by atoms with van der Waals surface area (Å²) >= 11 is 0. The number of benzene rings is 4. The molecule has 0 saturated carbocycles. The lowest BCUT2D eigenvalue weighted by Gasteiger charge is -2.20. The molecule has 3 heteroatoms. The third-order valence-corrected chi connectivity index (χ3v) is 9.66. The molecule has 0 amide bonds. The molecule has 0 saturated heterocycles. The maximum absolute atomic E-state index is 5.33. The number of rotatable bonds is 4. The van der Waals surface area contributed by atoms with Crippen LogP contribution in [0.4, 0.5) is 0 Å². The Balaban J connectivity index is 1.19. The van der Waals surface area contributed by atoms with Crippen molar-refractivity contribution >= 4 is 51.2 Å². The van der Waals surface area contributed by atoms with Gasteiger partial charge in [-0.3, -0.25) is 0 Å². The van der Waals surface area contributed by atoms with Crippen molar-refractivity contribution in [1.82, 2.24) is 14.5 Å². The highest BCUT2D eigenvalue weighted by molar-refractivity contribution is 6.10. The summed E-state index contributed by atoms with van der Waals surface area (Å²) in [6.07, 6.45) is 18.0. The fraction of sp³-hybridized carbons (Fsp3) is 0.143. The minimum Gasteiger partial charge on any atom is -0.309 e. The van der Waals surface area contributed by atoms with E-state index in [1.54, 1.807) is 0 Å². The van der Waals surface area contributed by atoms with Crippen molar-refractivity contribution in [3.63, 3.8) is 0 Å². The van der Waals surface area contributed by atoms with Gasteiger partial charge < -0.3 is 4.57 Å². The first-order valence-corrected chi connectivity index (χ1v) is 16.2. The molecule has 2 heterocycles. The second-order valence-corrected chi connectivity index (χ2v) is 12.3. The lowest BCUT2D eigenvalue weighted by Crippen LogP contribution is -2.35. The third-order valence-electron chi connectivity index (χ3n) is 9.66. The van der Waals surface area contributed by atoms with E-state index in [4.69, 9.17) is 9.97 Å². The highest BCUT2D eigenvalue weighted by Gasteiger charge is 2.19. The summed E-state index contributed by atoms with van der Waals surface area (Å²) in [4.78, 5) is 10.5. The van der Waals surface area contributed by atoms with E-state index in [1.807, 2.05) is 0 Å². The van der Waals surface area contributed by atoms with Crippen LogP contribution in [0.2, 0.25) is 0 Å². The Morgan fingerprint density at radius 1 is 0.578 bits per heavy atom. The summed E-state index contributed by atoms with van der Waals surface area (Å²) in [5, 5.41) is 7.49. The van der Waals surface area contributed by atoms with Gasteiger partial charge in [-0.2, -0.15) is 0 Å². The highest BCUT2D eigenvalue weighted by Crippen LogP contribution is 2.35. The maximum atomic E-state index is 5.33. The van der Waals surface area contributed by atoms with Gasteiger partial charge in [-0.05, 0) is 102 Å². The smallest absolute Gasteiger partial charge is 0.160 e. The first kappa shape index (κ1) is 26.2. The van der Waals surface area contributed by atoms with Gasteiger partial charge in [-0.1, -0.05) is 91.0 Å². The summed E-state index contributed by atoms with van der Waals surface area (Å²) < 4.78 is 2.36. The molecule has 0 N–H and O–H groups in total. The van der Waals surface area contributed by atoms with Crippen LogP contribution in [-0.2, 0) is 0 Å². The van der Waals surface area contributed by atoms with Gasteiger partial charge in [0.1, 0.15) is 0 Å². The zero-order valence-corrected chi connectivity index (χ0v) is 25.2. The minimum atomic E-state index is 0.801. The van der Waals surface area contributed by atoms with Gasteiger partial charge >= 0.3 is 0 Å². The Kier molecular flexibility index (Phi) is 6.22. The van der Waals surface area contributed by atoms with Gasteiger partial charge in [0.2, 0.25) is 0 Å². The molecule has 216 valence electrons. The van der Waals surface area contributed by atoms with Crippen LogP contribution >= 0.6 is 0 Å². The Labute approximate surface area is 262 Å². The first-order valence-electron chi connectivity index (χ1n) is 16.2. The molecular weight excluding hydrogens is 546 g/mol. The number of aromatic nitrogens is 3. The number of hydrogen-bond donors (Lipinski definition) is 0. The van der Waals surface area contributed by atoms with Crippen LogP contribution in [0, 0.1) is 0 Å². The van der Waals surface area contributed by atoms with E-state index in [9.17, 15) is 0 Å². The average Bonchev–Trinajstić information content (AvgIpc) is 3.45. The quantitative estimate of drug-likeness (QED) is 0.223. The summed E-state index contributed by atoms with van der Waals surface area (Å²) in [6, 6.07) is 34.9. The second-order valence-electron chi connectivity index (χ2n) is 12.3. The van der Waals surface area contributed by atoms with Crippen molar-refractivity contribution in [2.24, 2.45) is 0 Å². The molecule has 0 unspecified atom stereocenters. The molecule has 3 aliphatic carbocycles. The standard InChI is InChI=1S/C42H33N3/c1-2-13-32(14-3-1)45-39-20-9-7-16-35(39)37-27-31(25-26-40(37)45)42-43-38-19-8-6-17-36(38)41(44-42)30-23-21-29(22-24-30)34-18-10-12-28-11-4-5-15-33(28)34/h1-5,7,9,11-17,19-21,23,25-27H,6,8,10,18,22,24H2. The molecule has 0 aliphatic heterocycles. The van der Waals surface area contributed by atoms with E-state index in [1.165, 1.54) is 59.9 Å². The van der Waals surface area contributed by atoms with Gasteiger partial charge in [0.15, 0.2) is 5.82 Å². The molecule has 0 spiro atoms. The Morgan fingerprint density at radius 2 is 1.36 bits per heavy atom. The van der Waals surface area contributed by atoms with Crippen molar-refractivity contribution in [3.05, 3.63) is 141 Å². The summed E-state index contributed by atoms with van der Waals surface area (Å²) in [5.74, 6) is 0.801. The summed E-state index contributed by atoms with van der Waals surface area (Å²) in [5.41, 5.74) is 10.0. The molecule has 0 bridgehead atoms. The zero-order chi connectivity index (χ0) is 29.7. The normalized spacial score (nSPS) is 15.8. The van der Waals surface area contributed by atoms with Gasteiger partial charge in [0.05, 0.1) is 22.1 Å². The Bertz CT molecular complexity index is 2480. The molecule has 0 radical (unpaired) electrons. The van der Waals surface area contributed by atoms with Crippen molar-refractivity contribution in [2.45, 2.75) is 38.5 Å². The minimum absolute atomic E-state index is 0.801. The first-order chi connectivity index (χ1) is 22.3. The zero-order valence-electron chi connectivity index (χ0n) is 25.2. The SMILES string of the molecule is C1=C(C2=c3ccccc3=CCC2)CCC(c2nc(-c3ccc4c(c3)c3ccccc3n4-c3ccccc3)nc3c2=CCCC=3)=C1. The predicted molar refractivity (Wildman–Crippen MR) is 187 cm³/mol. The van der Waals surface area contributed by atoms with Crippen LogP contribution in [0.3, 0.4) is 0 Å². The molecule has 9 rings (SSSR count). The molecule has 3 aliphatic rings. The number of allylic oxidation sites excluding steroid dienone is 4. The Morgan fingerprint density at radius 3 is 2.27 bits per heavy atom. The lowest BCUT2D eigenvalue weighted by atomic mass is 9.86. The molecular formula is C42H33N3. The van der Waals surface area contributed by atoms with Gasteiger partial charge in [0.25, 0.3) is 0 Å². The van der Waals surface area contributed by atoms with Gasteiger partial charge in [-0.25, -0.2) is 9.97 Å². The van der Waals surface area contributed by atoms with Crippen molar-refractivity contribution in [2.75, 3.05) is 0 Å². The summed E-state index contributed by atoms with van der Waals surface area (Å²) in [7, 11) is 0. The number of para-hydroxylation sites is 2. The average molecular weight is 580 g/mol. The van der Waals surface area contributed by atoms with E-state index in [0.29, 0.717) is 0 Å². The van der Waals surface area contributed by atoms with Crippen LogP contribution in [0.1, 0.15) is 44.2 Å². The van der Waals surface area contributed by atoms with E-state index in [0.717, 1.165) is 61.0 Å². The molecule has 0 fully saturated rings. The van der Waals surface area contributed by atoms with Crippen LogP contribution in [0.15, 0.2) is 115 Å². The number of hydrogen-bond acceptors (Lipinski definition) is 2. The van der Waals surface area contributed by atoms with Crippen molar-refractivity contribution in [1.29, 1.82) is 0 Å². The number of fused-ring (bicyclic) bond motifs is 5. The molecule has 3 nitrogen and oxygen atoms in total. The van der Waals surface area contributed by atoms with Gasteiger partial charge in [-0.15, -0.1) is 0 Å². The topological polar surface area (TPSA) is 30.7 Å². The van der Waals surface area contributed by atoms with Crippen molar-refractivity contribution in [3.8, 4) is 17.1 Å².